The summed E-state index contributed by atoms with van der Waals surface area (Å²) in [5, 5.41) is -0.491. The number of halogens is 2. The highest BCUT2D eigenvalue weighted by atomic mass is 79.9. The van der Waals surface area contributed by atoms with Crippen molar-refractivity contribution in [1.29, 1.82) is 0 Å². The van der Waals surface area contributed by atoms with Gasteiger partial charge in [-0.25, -0.2) is 4.98 Å². The van der Waals surface area contributed by atoms with Crippen LogP contribution in [0.3, 0.4) is 0 Å². The molecular weight excluding hydrogens is 269 g/mol. The molecule has 0 N–H and O–H groups in total. The number of fused-ring (bicyclic) bond motifs is 1. The van der Waals surface area contributed by atoms with E-state index < -0.39 is 5.24 Å². The summed E-state index contributed by atoms with van der Waals surface area (Å²) in [6.45, 7) is 2.51. The first-order chi connectivity index (χ1) is 6.59. The molecule has 2 rings (SSSR count). The Bertz CT molecular complexity index is 390. The molecule has 0 amide bonds. The van der Waals surface area contributed by atoms with Crippen molar-refractivity contribution in [3.63, 3.8) is 0 Å². The highest BCUT2D eigenvalue weighted by Gasteiger charge is 2.23. The molecule has 4 nitrogen and oxygen atoms in total. The van der Waals surface area contributed by atoms with Gasteiger partial charge in [0.25, 0.3) is 5.24 Å². The van der Waals surface area contributed by atoms with Crippen LogP contribution in [0.5, 0.6) is 0 Å². The van der Waals surface area contributed by atoms with Gasteiger partial charge in [0.05, 0.1) is 5.69 Å². The zero-order valence-electron chi connectivity index (χ0n) is 7.63. The normalized spacial score (nSPS) is 16.8. The summed E-state index contributed by atoms with van der Waals surface area (Å²) in [5.41, 5.74) is 1.26. The Morgan fingerprint density at radius 1 is 1.57 bits per heavy atom. The molecule has 0 saturated carbocycles. The Morgan fingerprint density at radius 3 is 2.93 bits per heavy atom. The number of nitrogens with zero attached hydrogens (tertiary/aromatic N) is 3. The zero-order valence-corrected chi connectivity index (χ0v) is 9.97. The van der Waals surface area contributed by atoms with Crippen molar-refractivity contribution in [3.8, 4) is 0 Å². The number of hydrogen-bond acceptors (Lipinski definition) is 3. The van der Waals surface area contributed by atoms with E-state index in [0.717, 1.165) is 18.8 Å². The lowest BCUT2D eigenvalue weighted by molar-refractivity contribution is 0.107. The van der Waals surface area contributed by atoms with Crippen LogP contribution in [0, 0.1) is 0 Å². The summed E-state index contributed by atoms with van der Waals surface area (Å²) in [4.78, 5) is 17.3. The first-order valence-electron chi connectivity index (χ1n) is 4.23. The van der Waals surface area contributed by atoms with Crippen LogP contribution >= 0.6 is 27.5 Å². The molecule has 1 aliphatic heterocycles. The Hall–Kier alpha value is -0.390. The van der Waals surface area contributed by atoms with Gasteiger partial charge in [0, 0.05) is 19.6 Å². The summed E-state index contributed by atoms with van der Waals surface area (Å²) < 4.78 is 2.67. The number of hydrogen-bond donors (Lipinski definition) is 0. The van der Waals surface area contributed by atoms with Crippen LogP contribution < -0.4 is 0 Å². The molecule has 1 aromatic rings. The summed E-state index contributed by atoms with van der Waals surface area (Å²) in [6, 6.07) is 0. The number of rotatable bonds is 1. The van der Waals surface area contributed by atoms with Crippen molar-refractivity contribution in [2.24, 2.45) is 0 Å². The van der Waals surface area contributed by atoms with Crippen molar-refractivity contribution >= 4 is 32.8 Å². The van der Waals surface area contributed by atoms with Crippen molar-refractivity contribution in [2.75, 3.05) is 13.6 Å². The van der Waals surface area contributed by atoms with E-state index in [4.69, 9.17) is 11.6 Å². The average molecular weight is 279 g/mol. The minimum absolute atomic E-state index is 0.366. The van der Waals surface area contributed by atoms with Gasteiger partial charge in [0.1, 0.15) is 5.69 Å². The maximum atomic E-state index is 11.1. The molecule has 0 spiro atoms. The lowest BCUT2D eigenvalue weighted by Gasteiger charge is -2.24. The molecule has 0 radical (unpaired) electrons. The molecule has 0 aliphatic carbocycles. The van der Waals surface area contributed by atoms with Crippen LogP contribution in [0.4, 0.5) is 0 Å². The third-order valence-corrected chi connectivity index (χ3v) is 3.12. The lowest BCUT2D eigenvalue weighted by atomic mass is 10.2. The van der Waals surface area contributed by atoms with E-state index in [9.17, 15) is 4.79 Å². The van der Waals surface area contributed by atoms with E-state index in [1.807, 2.05) is 11.6 Å². The van der Waals surface area contributed by atoms with Crippen LogP contribution in [-0.4, -0.2) is 33.3 Å². The summed E-state index contributed by atoms with van der Waals surface area (Å²) in [7, 11) is 2.01. The number of aromatic nitrogens is 2. The molecule has 1 aromatic heterocycles. The van der Waals surface area contributed by atoms with E-state index >= 15 is 0 Å². The highest BCUT2D eigenvalue weighted by molar-refractivity contribution is 9.10. The summed E-state index contributed by atoms with van der Waals surface area (Å²) >= 11 is 8.76. The predicted molar refractivity (Wildman–Crippen MR) is 56.4 cm³/mol. The molecule has 0 bridgehead atoms. The SMILES string of the molecule is CN1CCn2c(Br)nc(C(=O)Cl)c2C1. The quantitative estimate of drug-likeness (QED) is 0.730. The van der Waals surface area contributed by atoms with Gasteiger partial charge < -0.3 is 4.57 Å². The number of carbonyl (C=O) groups is 1. The molecular formula is C8H9BrClN3O. The standard InChI is InChI=1S/C8H9BrClN3O/c1-12-2-3-13-5(4-12)6(7(10)14)11-8(13)9/h2-4H2,1H3. The summed E-state index contributed by atoms with van der Waals surface area (Å²) in [5.74, 6) is 0. The summed E-state index contributed by atoms with van der Waals surface area (Å²) in [6.07, 6.45) is 0. The smallest absolute Gasteiger partial charge is 0.272 e. The second kappa shape index (κ2) is 3.64. The monoisotopic (exact) mass is 277 g/mol. The van der Waals surface area contributed by atoms with Gasteiger partial charge in [-0.3, -0.25) is 9.69 Å². The second-order valence-corrected chi connectivity index (χ2v) is 4.39. The Balaban J connectivity index is 2.50. The molecule has 0 atom stereocenters. The van der Waals surface area contributed by atoms with Crippen molar-refractivity contribution in [1.82, 2.24) is 14.5 Å². The van der Waals surface area contributed by atoms with Crippen LogP contribution in [0.2, 0.25) is 0 Å². The number of imidazole rings is 1. The van der Waals surface area contributed by atoms with Gasteiger partial charge in [-0.1, -0.05) is 0 Å². The van der Waals surface area contributed by atoms with E-state index in [1.165, 1.54) is 0 Å². The topological polar surface area (TPSA) is 38.1 Å². The van der Waals surface area contributed by atoms with Crippen LogP contribution in [0.1, 0.15) is 16.2 Å². The Morgan fingerprint density at radius 2 is 2.29 bits per heavy atom. The van der Waals surface area contributed by atoms with Gasteiger partial charge in [-0.05, 0) is 34.6 Å². The maximum Gasteiger partial charge on any atom is 0.272 e. The van der Waals surface area contributed by atoms with E-state index in [2.05, 4.69) is 25.8 Å². The molecule has 6 heteroatoms. The first kappa shape index (κ1) is 10.1. The van der Waals surface area contributed by atoms with Crippen LogP contribution in [0.15, 0.2) is 4.73 Å². The third-order valence-electron chi connectivity index (χ3n) is 2.34. The number of likely N-dealkylation sites (N-methyl/N-ethyl adjacent to an activating group) is 1. The largest absolute Gasteiger partial charge is 0.319 e. The number of carbonyl (C=O) groups excluding carboxylic acids is 1. The van der Waals surface area contributed by atoms with Crippen LogP contribution in [-0.2, 0) is 13.1 Å². The van der Waals surface area contributed by atoms with E-state index in [0.29, 0.717) is 17.0 Å². The third kappa shape index (κ3) is 1.60. The average Bonchev–Trinajstić information content (AvgIpc) is 2.43. The zero-order chi connectivity index (χ0) is 10.3. The van der Waals surface area contributed by atoms with Gasteiger partial charge in [-0.15, -0.1) is 0 Å². The second-order valence-electron chi connectivity index (χ2n) is 3.34. The molecule has 0 saturated heterocycles. The fourth-order valence-electron chi connectivity index (χ4n) is 1.61. The molecule has 1 aliphatic rings. The molecule has 0 aromatic carbocycles. The van der Waals surface area contributed by atoms with Crippen molar-refractivity contribution < 1.29 is 4.79 Å². The molecule has 0 fully saturated rings. The fraction of sp³-hybridized carbons (Fsp3) is 0.500. The molecule has 14 heavy (non-hydrogen) atoms. The van der Waals surface area contributed by atoms with E-state index in [-0.39, 0.29) is 0 Å². The van der Waals surface area contributed by atoms with Gasteiger partial charge in [0.15, 0.2) is 4.73 Å². The molecule has 2 heterocycles. The minimum Gasteiger partial charge on any atom is -0.319 e. The molecule has 76 valence electrons. The lowest BCUT2D eigenvalue weighted by Crippen LogP contribution is -2.30. The Kier molecular flexibility index (Phi) is 2.64. The minimum atomic E-state index is -0.491. The van der Waals surface area contributed by atoms with Gasteiger partial charge >= 0.3 is 0 Å². The fourth-order valence-corrected chi connectivity index (χ4v) is 2.33. The first-order valence-corrected chi connectivity index (χ1v) is 5.40. The molecule has 0 unspecified atom stereocenters. The van der Waals surface area contributed by atoms with Crippen LogP contribution in [0.25, 0.3) is 0 Å². The van der Waals surface area contributed by atoms with Crippen molar-refractivity contribution in [3.05, 3.63) is 16.1 Å². The maximum absolute atomic E-state index is 11.1. The van der Waals surface area contributed by atoms with E-state index in [1.54, 1.807) is 0 Å². The van der Waals surface area contributed by atoms with Gasteiger partial charge in [0.2, 0.25) is 0 Å². The van der Waals surface area contributed by atoms with Gasteiger partial charge in [-0.2, -0.15) is 0 Å². The predicted octanol–water partition coefficient (Wildman–Crippen LogP) is 1.47. The Labute approximate surface area is 95.0 Å². The highest BCUT2D eigenvalue weighted by Crippen LogP contribution is 2.22. The van der Waals surface area contributed by atoms with Crippen molar-refractivity contribution in [2.45, 2.75) is 13.1 Å².